The Kier molecular flexibility index (Phi) is 7.67. The largest absolute Gasteiger partial charge is 0.445 e. The molecule has 0 fully saturated rings. The molecule has 23 heavy (non-hydrogen) atoms. The van der Waals surface area contributed by atoms with Crippen LogP contribution in [0.5, 0.6) is 0 Å². The van der Waals surface area contributed by atoms with Crippen LogP contribution in [0.25, 0.3) is 0 Å². The summed E-state index contributed by atoms with van der Waals surface area (Å²) in [6.07, 6.45) is 3.92. The number of hydrogen-bond donors (Lipinski definition) is 1. The molecule has 4 heteroatoms. The number of carbonyl (C=O) groups excluding carboxylic acids is 1. The Morgan fingerprint density at radius 2 is 1.65 bits per heavy atom. The summed E-state index contributed by atoms with van der Waals surface area (Å²) in [5.41, 5.74) is 2.35. The van der Waals surface area contributed by atoms with E-state index in [2.05, 4.69) is 45.5 Å². The highest BCUT2D eigenvalue weighted by Crippen LogP contribution is 2.12. The zero-order valence-corrected chi connectivity index (χ0v) is 14.7. The lowest BCUT2D eigenvalue weighted by Crippen LogP contribution is -2.25. The minimum Gasteiger partial charge on any atom is -0.445 e. The topological polar surface area (TPSA) is 38.3 Å². The average Bonchev–Trinajstić information content (AvgIpc) is 2.58. The number of halogens is 1. The van der Waals surface area contributed by atoms with Gasteiger partial charge in [0.15, 0.2) is 0 Å². The molecule has 1 N–H and O–H groups in total. The van der Waals surface area contributed by atoms with E-state index in [1.54, 1.807) is 0 Å². The third-order valence-corrected chi connectivity index (χ3v) is 4.07. The number of hydrogen-bond acceptors (Lipinski definition) is 2. The van der Waals surface area contributed by atoms with Crippen molar-refractivity contribution in [1.29, 1.82) is 0 Å². The van der Waals surface area contributed by atoms with Gasteiger partial charge < -0.3 is 10.1 Å². The summed E-state index contributed by atoms with van der Waals surface area (Å²) in [6, 6.07) is 18.1. The van der Waals surface area contributed by atoms with E-state index in [9.17, 15) is 4.79 Å². The van der Waals surface area contributed by atoms with Crippen LogP contribution < -0.4 is 5.32 Å². The molecule has 2 aromatic rings. The highest BCUT2D eigenvalue weighted by atomic mass is 79.9. The van der Waals surface area contributed by atoms with Crippen molar-refractivity contribution in [1.82, 2.24) is 5.32 Å². The maximum atomic E-state index is 11.6. The molecule has 1 amide bonds. The van der Waals surface area contributed by atoms with Crippen molar-refractivity contribution < 1.29 is 9.53 Å². The molecule has 0 atom stereocenters. The predicted octanol–water partition coefficient (Wildman–Crippen LogP) is 5.09. The molecule has 0 heterocycles. The summed E-state index contributed by atoms with van der Waals surface area (Å²) >= 11 is 3.44. The van der Waals surface area contributed by atoms with Gasteiger partial charge in [0.25, 0.3) is 0 Å². The van der Waals surface area contributed by atoms with E-state index >= 15 is 0 Å². The van der Waals surface area contributed by atoms with E-state index in [0.29, 0.717) is 13.2 Å². The van der Waals surface area contributed by atoms with E-state index in [1.807, 2.05) is 30.3 Å². The van der Waals surface area contributed by atoms with Crippen molar-refractivity contribution in [2.24, 2.45) is 0 Å². The number of nitrogens with one attached hydrogen (secondary N) is 1. The van der Waals surface area contributed by atoms with Gasteiger partial charge in [0.05, 0.1) is 0 Å². The van der Waals surface area contributed by atoms with Gasteiger partial charge in [0.2, 0.25) is 0 Å². The van der Waals surface area contributed by atoms with Gasteiger partial charge in [-0.3, -0.25) is 0 Å². The van der Waals surface area contributed by atoms with E-state index in [4.69, 9.17) is 4.74 Å². The first-order valence-corrected chi connectivity index (χ1v) is 8.72. The van der Waals surface area contributed by atoms with Crippen LogP contribution in [0.4, 0.5) is 4.79 Å². The molecule has 0 aliphatic carbocycles. The van der Waals surface area contributed by atoms with Gasteiger partial charge in [-0.25, -0.2) is 4.79 Å². The Hall–Kier alpha value is -1.81. The Morgan fingerprint density at radius 3 is 2.39 bits per heavy atom. The van der Waals surface area contributed by atoms with Crippen molar-refractivity contribution in [3.63, 3.8) is 0 Å². The number of alkyl carbamates (subject to hydrolysis) is 1. The summed E-state index contributed by atoms with van der Waals surface area (Å²) in [5.74, 6) is 0. The lowest BCUT2D eigenvalue weighted by atomic mass is 10.1. The van der Waals surface area contributed by atoms with Crippen molar-refractivity contribution in [3.8, 4) is 0 Å². The Bertz CT molecular complexity index is 584. The molecule has 0 saturated carbocycles. The lowest BCUT2D eigenvalue weighted by Gasteiger charge is -2.07. The van der Waals surface area contributed by atoms with Gasteiger partial charge in [-0.2, -0.15) is 0 Å². The monoisotopic (exact) mass is 375 g/mol. The second-order valence-electron chi connectivity index (χ2n) is 5.43. The van der Waals surface area contributed by atoms with Crippen LogP contribution in [0, 0.1) is 0 Å². The van der Waals surface area contributed by atoms with Crippen molar-refractivity contribution in [2.45, 2.75) is 32.3 Å². The maximum absolute atomic E-state index is 11.6. The molecule has 3 nitrogen and oxygen atoms in total. The molecular weight excluding hydrogens is 354 g/mol. The van der Waals surface area contributed by atoms with Gasteiger partial charge in [0.1, 0.15) is 6.61 Å². The first-order valence-electron chi connectivity index (χ1n) is 7.93. The third kappa shape index (κ3) is 7.33. The molecule has 0 saturated heterocycles. The molecule has 0 unspecified atom stereocenters. The van der Waals surface area contributed by atoms with Crippen LogP contribution in [0.15, 0.2) is 59.1 Å². The van der Waals surface area contributed by atoms with Crippen LogP contribution >= 0.6 is 15.9 Å². The molecular formula is C19H22BrNO2. The molecule has 0 radical (unpaired) electrons. The van der Waals surface area contributed by atoms with E-state index in [1.165, 1.54) is 5.56 Å². The van der Waals surface area contributed by atoms with Crippen molar-refractivity contribution >= 4 is 22.0 Å². The summed E-state index contributed by atoms with van der Waals surface area (Å²) in [7, 11) is 0. The zero-order chi connectivity index (χ0) is 16.3. The summed E-state index contributed by atoms with van der Waals surface area (Å²) in [6.45, 7) is 0.976. The fraction of sp³-hybridized carbons (Fsp3) is 0.316. The summed E-state index contributed by atoms with van der Waals surface area (Å²) in [4.78, 5) is 11.6. The van der Waals surface area contributed by atoms with Crippen molar-refractivity contribution in [2.75, 3.05) is 6.54 Å². The summed E-state index contributed by atoms with van der Waals surface area (Å²) in [5, 5.41) is 2.79. The molecule has 2 aromatic carbocycles. The lowest BCUT2D eigenvalue weighted by molar-refractivity contribution is 0.139. The average molecular weight is 376 g/mol. The molecule has 0 aromatic heterocycles. The van der Waals surface area contributed by atoms with Crippen LogP contribution in [0.1, 0.15) is 30.4 Å². The number of benzene rings is 2. The predicted molar refractivity (Wildman–Crippen MR) is 96.3 cm³/mol. The molecule has 0 aliphatic rings. The number of amides is 1. The Labute approximate surface area is 146 Å². The summed E-state index contributed by atoms with van der Waals surface area (Å²) < 4.78 is 6.27. The fourth-order valence-corrected chi connectivity index (χ4v) is 2.51. The Balaban J connectivity index is 1.50. The standard InChI is InChI=1S/C19H22BrNO2/c20-18-12-10-16(11-13-18)7-5-2-6-14-21-19(22)23-15-17-8-3-1-4-9-17/h1,3-4,8-13H,2,5-7,14-15H2,(H,21,22). The minimum absolute atomic E-state index is 0.316. The maximum Gasteiger partial charge on any atom is 0.407 e. The number of rotatable bonds is 8. The van der Waals surface area contributed by atoms with Gasteiger partial charge in [-0.1, -0.05) is 64.8 Å². The normalized spacial score (nSPS) is 10.3. The van der Waals surface area contributed by atoms with Crippen LogP contribution in [-0.2, 0) is 17.8 Å². The number of aryl methyl sites for hydroxylation is 1. The first-order chi connectivity index (χ1) is 11.2. The van der Waals surface area contributed by atoms with Gasteiger partial charge >= 0.3 is 6.09 Å². The molecule has 0 spiro atoms. The second kappa shape index (κ2) is 10.1. The quantitative estimate of drug-likeness (QED) is 0.652. The van der Waals surface area contributed by atoms with Crippen LogP contribution in [-0.4, -0.2) is 12.6 Å². The van der Waals surface area contributed by atoms with Crippen LogP contribution in [0.2, 0.25) is 0 Å². The van der Waals surface area contributed by atoms with Crippen LogP contribution in [0.3, 0.4) is 0 Å². The highest BCUT2D eigenvalue weighted by molar-refractivity contribution is 9.10. The second-order valence-corrected chi connectivity index (χ2v) is 6.34. The van der Waals surface area contributed by atoms with Gasteiger partial charge in [-0.05, 0) is 42.5 Å². The zero-order valence-electron chi connectivity index (χ0n) is 13.1. The number of ether oxygens (including phenoxy) is 1. The number of unbranched alkanes of at least 4 members (excludes halogenated alkanes) is 2. The SMILES string of the molecule is O=C(NCCCCCc1ccc(Br)cc1)OCc1ccccc1. The number of carbonyl (C=O) groups is 1. The molecule has 0 bridgehead atoms. The third-order valence-electron chi connectivity index (χ3n) is 3.54. The van der Waals surface area contributed by atoms with E-state index < -0.39 is 0 Å². The highest BCUT2D eigenvalue weighted by Gasteiger charge is 2.01. The van der Waals surface area contributed by atoms with Crippen molar-refractivity contribution in [3.05, 3.63) is 70.2 Å². The molecule has 0 aliphatic heterocycles. The molecule has 122 valence electrons. The minimum atomic E-state index is -0.346. The smallest absolute Gasteiger partial charge is 0.407 e. The van der Waals surface area contributed by atoms with Gasteiger partial charge in [0, 0.05) is 11.0 Å². The first kappa shape index (κ1) is 17.5. The van der Waals surface area contributed by atoms with E-state index in [-0.39, 0.29) is 6.09 Å². The Morgan fingerprint density at radius 1 is 0.913 bits per heavy atom. The van der Waals surface area contributed by atoms with Gasteiger partial charge in [-0.15, -0.1) is 0 Å². The molecule has 2 rings (SSSR count). The van der Waals surface area contributed by atoms with E-state index in [0.717, 1.165) is 35.7 Å². The fourth-order valence-electron chi connectivity index (χ4n) is 2.25.